The van der Waals surface area contributed by atoms with Crippen LogP contribution in [0, 0.1) is 0 Å². The molecule has 0 radical (unpaired) electrons. The van der Waals surface area contributed by atoms with Gasteiger partial charge < -0.3 is 15.0 Å². The van der Waals surface area contributed by atoms with Crippen molar-refractivity contribution in [1.82, 2.24) is 10.2 Å². The first kappa shape index (κ1) is 17.5. The van der Waals surface area contributed by atoms with Crippen molar-refractivity contribution in [2.45, 2.75) is 31.4 Å². The summed E-state index contributed by atoms with van der Waals surface area (Å²) in [6.45, 7) is 2.87. The summed E-state index contributed by atoms with van der Waals surface area (Å²) in [4.78, 5) is 14.3. The molecule has 2 heterocycles. The molecule has 1 aromatic carbocycles. The predicted molar refractivity (Wildman–Crippen MR) is 89.6 cm³/mol. The second-order valence-corrected chi connectivity index (χ2v) is 6.13. The zero-order valence-electron chi connectivity index (χ0n) is 12.5. The van der Waals surface area contributed by atoms with Gasteiger partial charge in [-0.15, -0.1) is 12.4 Å². The molecular formula is C16H22Cl2N2O2. The lowest BCUT2D eigenvalue weighted by molar-refractivity contribution is -0.139. The highest BCUT2D eigenvalue weighted by Gasteiger charge is 2.28. The Bertz CT molecular complexity index is 507. The number of morpholine rings is 1. The molecule has 2 aliphatic heterocycles. The number of amides is 1. The van der Waals surface area contributed by atoms with E-state index in [1.807, 2.05) is 29.2 Å². The van der Waals surface area contributed by atoms with Crippen molar-refractivity contribution < 1.29 is 9.53 Å². The van der Waals surface area contributed by atoms with E-state index in [1.54, 1.807) is 0 Å². The molecule has 2 atom stereocenters. The van der Waals surface area contributed by atoms with Crippen molar-refractivity contribution in [2.24, 2.45) is 0 Å². The zero-order chi connectivity index (χ0) is 14.7. The van der Waals surface area contributed by atoms with Crippen molar-refractivity contribution in [1.29, 1.82) is 0 Å². The molecule has 4 nitrogen and oxygen atoms in total. The predicted octanol–water partition coefficient (Wildman–Crippen LogP) is 2.80. The minimum atomic E-state index is -0.118. The summed E-state index contributed by atoms with van der Waals surface area (Å²) in [5.74, 6) is 0.217. The third-order valence-electron chi connectivity index (χ3n) is 4.25. The van der Waals surface area contributed by atoms with Gasteiger partial charge in [-0.3, -0.25) is 4.79 Å². The number of ether oxygens (including phenoxy) is 1. The van der Waals surface area contributed by atoms with Gasteiger partial charge in [0, 0.05) is 29.6 Å². The summed E-state index contributed by atoms with van der Waals surface area (Å²) >= 11 is 6.23. The number of nitrogens with one attached hydrogen (secondary N) is 1. The van der Waals surface area contributed by atoms with E-state index in [2.05, 4.69) is 5.32 Å². The van der Waals surface area contributed by atoms with Crippen LogP contribution in [-0.4, -0.2) is 43.1 Å². The van der Waals surface area contributed by atoms with E-state index in [0.717, 1.165) is 18.5 Å². The largest absolute Gasteiger partial charge is 0.370 e. The van der Waals surface area contributed by atoms with Crippen LogP contribution in [0.1, 0.15) is 30.9 Å². The summed E-state index contributed by atoms with van der Waals surface area (Å²) in [5.41, 5.74) is 0.968. The second kappa shape index (κ2) is 8.16. The van der Waals surface area contributed by atoms with Crippen molar-refractivity contribution in [3.63, 3.8) is 0 Å². The van der Waals surface area contributed by atoms with Gasteiger partial charge in [0.2, 0.25) is 5.91 Å². The Hall–Kier alpha value is -0.810. The quantitative estimate of drug-likeness (QED) is 0.916. The van der Waals surface area contributed by atoms with Crippen LogP contribution in [0.15, 0.2) is 24.3 Å². The molecule has 0 aliphatic carbocycles. The van der Waals surface area contributed by atoms with Gasteiger partial charge in [0.15, 0.2) is 0 Å². The number of rotatable bonds is 3. The van der Waals surface area contributed by atoms with Gasteiger partial charge in [0.25, 0.3) is 0 Å². The molecule has 0 saturated carbocycles. The van der Waals surface area contributed by atoms with Crippen LogP contribution in [-0.2, 0) is 9.53 Å². The van der Waals surface area contributed by atoms with E-state index in [1.165, 1.54) is 6.42 Å². The molecule has 2 unspecified atom stereocenters. The van der Waals surface area contributed by atoms with Crippen molar-refractivity contribution in [3.05, 3.63) is 34.9 Å². The number of nitrogens with zero attached hydrogens (tertiary/aromatic N) is 1. The zero-order valence-corrected chi connectivity index (χ0v) is 14.0. The Morgan fingerprint density at radius 3 is 2.95 bits per heavy atom. The summed E-state index contributed by atoms with van der Waals surface area (Å²) in [5, 5.41) is 4.08. The highest BCUT2D eigenvalue weighted by molar-refractivity contribution is 6.31. The maximum atomic E-state index is 12.4. The molecule has 2 aliphatic rings. The Labute approximate surface area is 142 Å². The van der Waals surface area contributed by atoms with Gasteiger partial charge in [-0.05, 0) is 25.5 Å². The van der Waals surface area contributed by atoms with Gasteiger partial charge in [0.1, 0.15) is 6.10 Å². The van der Waals surface area contributed by atoms with E-state index in [4.69, 9.17) is 16.3 Å². The molecule has 1 aromatic rings. The summed E-state index contributed by atoms with van der Waals surface area (Å²) in [6, 6.07) is 8.04. The summed E-state index contributed by atoms with van der Waals surface area (Å²) in [7, 11) is 0. The molecule has 2 saturated heterocycles. The van der Waals surface area contributed by atoms with E-state index < -0.39 is 0 Å². The number of halogens is 2. The molecule has 122 valence electrons. The van der Waals surface area contributed by atoms with Crippen LogP contribution in [0.5, 0.6) is 0 Å². The van der Waals surface area contributed by atoms with Crippen LogP contribution < -0.4 is 5.32 Å². The molecule has 6 heteroatoms. The van der Waals surface area contributed by atoms with Crippen molar-refractivity contribution in [3.8, 4) is 0 Å². The Balaban J connectivity index is 0.00000176. The van der Waals surface area contributed by atoms with Gasteiger partial charge in [-0.1, -0.05) is 29.8 Å². The van der Waals surface area contributed by atoms with E-state index >= 15 is 0 Å². The molecule has 1 amide bonds. The first-order chi connectivity index (χ1) is 10.2. The number of carbonyl (C=O) groups is 1. The van der Waals surface area contributed by atoms with Gasteiger partial charge >= 0.3 is 0 Å². The molecule has 1 N–H and O–H groups in total. The Morgan fingerprint density at radius 1 is 1.41 bits per heavy atom. The monoisotopic (exact) mass is 344 g/mol. The smallest absolute Gasteiger partial charge is 0.224 e. The first-order valence-corrected chi connectivity index (χ1v) is 7.99. The average molecular weight is 345 g/mol. The molecule has 2 fully saturated rings. The third kappa shape index (κ3) is 4.13. The molecule has 0 bridgehead atoms. The third-order valence-corrected chi connectivity index (χ3v) is 4.60. The fraction of sp³-hybridized carbons (Fsp3) is 0.562. The van der Waals surface area contributed by atoms with Crippen molar-refractivity contribution >= 4 is 29.9 Å². The maximum absolute atomic E-state index is 12.4. The van der Waals surface area contributed by atoms with E-state index in [-0.39, 0.29) is 24.4 Å². The lowest BCUT2D eigenvalue weighted by Gasteiger charge is -2.34. The van der Waals surface area contributed by atoms with Gasteiger partial charge in [0.05, 0.1) is 13.2 Å². The number of carbonyl (C=O) groups excluding carboxylic acids is 1. The highest BCUT2D eigenvalue weighted by Crippen LogP contribution is 2.28. The fourth-order valence-corrected chi connectivity index (χ4v) is 3.33. The molecule has 22 heavy (non-hydrogen) atoms. The standard InChI is InChI=1S/C16H21ClN2O2.ClH/c17-14-6-2-1-5-13(14)15-11-19(8-9-21-15)16(20)10-12-4-3-7-18-12;/h1-2,5-6,12,15,18H,3-4,7-11H2;1H. The first-order valence-electron chi connectivity index (χ1n) is 7.61. The van der Waals surface area contributed by atoms with Gasteiger partial charge in [-0.2, -0.15) is 0 Å². The van der Waals surface area contributed by atoms with E-state index in [0.29, 0.717) is 37.2 Å². The van der Waals surface area contributed by atoms with Crippen LogP contribution in [0.4, 0.5) is 0 Å². The van der Waals surface area contributed by atoms with Crippen molar-refractivity contribution in [2.75, 3.05) is 26.2 Å². The number of benzene rings is 1. The average Bonchev–Trinajstić information content (AvgIpc) is 3.01. The van der Waals surface area contributed by atoms with Gasteiger partial charge in [-0.25, -0.2) is 0 Å². The van der Waals surface area contributed by atoms with E-state index in [9.17, 15) is 4.79 Å². The molecule has 0 aromatic heterocycles. The number of hydrogen-bond acceptors (Lipinski definition) is 3. The minimum Gasteiger partial charge on any atom is -0.370 e. The van der Waals surface area contributed by atoms with Crippen LogP contribution in [0.2, 0.25) is 5.02 Å². The minimum absolute atomic E-state index is 0. The second-order valence-electron chi connectivity index (χ2n) is 5.72. The molecule has 0 spiro atoms. The molecular weight excluding hydrogens is 323 g/mol. The topological polar surface area (TPSA) is 41.6 Å². The summed E-state index contributed by atoms with van der Waals surface area (Å²) < 4.78 is 5.80. The highest BCUT2D eigenvalue weighted by atomic mass is 35.5. The SMILES string of the molecule is Cl.O=C(CC1CCCN1)N1CCOC(c2ccccc2Cl)C1. The normalized spacial score (nSPS) is 24.9. The Kier molecular flexibility index (Phi) is 6.50. The lowest BCUT2D eigenvalue weighted by atomic mass is 10.1. The fourth-order valence-electron chi connectivity index (χ4n) is 3.07. The number of hydrogen-bond donors (Lipinski definition) is 1. The van der Waals surface area contributed by atoms with Crippen LogP contribution >= 0.6 is 24.0 Å². The van der Waals surface area contributed by atoms with Crippen LogP contribution in [0.25, 0.3) is 0 Å². The maximum Gasteiger partial charge on any atom is 0.224 e. The Morgan fingerprint density at radius 2 is 2.23 bits per heavy atom. The van der Waals surface area contributed by atoms with Crippen LogP contribution in [0.3, 0.4) is 0 Å². The molecule has 3 rings (SSSR count). The summed E-state index contributed by atoms with van der Waals surface area (Å²) in [6.07, 6.45) is 2.75. The lowest BCUT2D eigenvalue weighted by Crippen LogP contribution is -2.44.